The number of pyridine rings is 1. The van der Waals surface area contributed by atoms with Crippen molar-refractivity contribution in [3.63, 3.8) is 0 Å². The smallest absolute Gasteiger partial charge is 0.405 e. The molecule has 0 aliphatic rings. The van der Waals surface area contributed by atoms with Gasteiger partial charge in [0.05, 0.1) is 11.7 Å². The Morgan fingerprint density at radius 1 is 1.35 bits per heavy atom. The number of nitrogens with zero attached hydrogens (tertiary/aromatic N) is 1. The second kappa shape index (κ2) is 6.83. The van der Waals surface area contributed by atoms with E-state index < -0.39 is 12.1 Å². The molecule has 6 nitrogen and oxygen atoms in total. The first-order valence-electron chi connectivity index (χ1n) is 7.15. The molecule has 2 rings (SSSR count). The lowest BCUT2D eigenvalue weighted by Gasteiger charge is -2.21. The zero-order valence-electron chi connectivity index (χ0n) is 12.9. The van der Waals surface area contributed by atoms with E-state index >= 15 is 0 Å². The fraction of sp³-hybridized carbons (Fsp3) is 0.176. The van der Waals surface area contributed by atoms with Crippen LogP contribution in [0.3, 0.4) is 0 Å². The summed E-state index contributed by atoms with van der Waals surface area (Å²) in [7, 11) is 0. The summed E-state index contributed by atoms with van der Waals surface area (Å²) in [6, 6.07) is 8.45. The van der Waals surface area contributed by atoms with Gasteiger partial charge in [-0.2, -0.15) is 0 Å². The summed E-state index contributed by atoms with van der Waals surface area (Å²) in [5, 5.41) is 11.5. The first kappa shape index (κ1) is 16.4. The second-order valence-corrected chi connectivity index (χ2v) is 5.34. The molecular weight excluding hydrogens is 292 g/mol. The Hall–Kier alpha value is -3.02. The number of aromatic nitrogens is 1. The Balaban J connectivity index is 2.44. The SMILES string of the molecule is C=C[C@H](C)[C@H](NC(=O)O)c1cc(-c2ccc(N)cc2N)ccn1. The van der Waals surface area contributed by atoms with E-state index in [1.54, 1.807) is 24.4 Å². The second-order valence-electron chi connectivity index (χ2n) is 5.34. The van der Waals surface area contributed by atoms with Gasteiger partial charge in [-0.15, -0.1) is 6.58 Å². The molecule has 0 unspecified atom stereocenters. The zero-order valence-corrected chi connectivity index (χ0v) is 12.9. The van der Waals surface area contributed by atoms with E-state index in [4.69, 9.17) is 16.6 Å². The highest BCUT2D eigenvalue weighted by Gasteiger charge is 2.21. The summed E-state index contributed by atoms with van der Waals surface area (Å²) in [4.78, 5) is 15.3. The van der Waals surface area contributed by atoms with Crippen LogP contribution in [0.5, 0.6) is 0 Å². The van der Waals surface area contributed by atoms with E-state index in [0.29, 0.717) is 17.1 Å². The van der Waals surface area contributed by atoms with Crippen molar-refractivity contribution < 1.29 is 9.90 Å². The third-order valence-corrected chi connectivity index (χ3v) is 3.66. The van der Waals surface area contributed by atoms with Crippen molar-refractivity contribution in [2.24, 2.45) is 5.92 Å². The van der Waals surface area contributed by atoms with Crippen LogP contribution in [0.2, 0.25) is 0 Å². The van der Waals surface area contributed by atoms with Gasteiger partial charge >= 0.3 is 6.09 Å². The van der Waals surface area contributed by atoms with E-state index in [1.807, 2.05) is 25.1 Å². The summed E-state index contributed by atoms with van der Waals surface area (Å²) in [6.07, 6.45) is 2.21. The quantitative estimate of drug-likeness (QED) is 0.500. The van der Waals surface area contributed by atoms with Gasteiger partial charge < -0.3 is 21.9 Å². The number of amides is 1. The number of nitrogens with two attached hydrogens (primary N) is 2. The van der Waals surface area contributed by atoms with E-state index in [1.165, 1.54) is 0 Å². The molecule has 0 radical (unpaired) electrons. The van der Waals surface area contributed by atoms with E-state index in [2.05, 4.69) is 16.9 Å². The Morgan fingerprint density at radius 2 is 2.09 bits per heavy atom. The maximum atomic E-state index is 11.0. The summed E-state index contributed by atoms with van der Waals surface area (Å²) in [5.74, 6) is -0.113. The third-order valence-electron chi connectivity index (χ3n) is 3.66. The van der Waals surface area contributed by atoms with E-state index in [9.17, 15) is 4.79 Å². The number of nitrogens with one attached hydrogen (secondary N) is 1. The summed E-state index contributed by atoms with van der Waals surface area (Å²) >= 11 is 0. The van der Waals surface area contributed by atoms with Gasteiger partial charge in [-0.05, 0) is 35.7 Å². The molecule has 0 aliphatic carbocycles. The molecule has 0 aliphatic heterocycles. The lowest BCUT2D eigenvalue weighted by Crippen LogP contribution is -2.31. The Morgan fingerprint density at radius 3 is 2.70 bits per heavy atom. The van der Waals surface area contributed by atoms with Crippen LogP contribution in [0.4, 0.5) is 16.2 Å². The van der Waals surface area contributed by atoms with E-state index in [0.717, 1.165) is 11.1 Å². The normalized spacial score (nSPS) is 13.1. The molecule has 1 aromatic heterocycles. The van der Waals surface area contributed by atoms with Crippen LogP contribution >= 0.6 is 0 Å². The molecule has 120 valence electrons. The third kappa shape index (κ3) is 3.79. The van der Waals surface area contributed by atoms with Gasteiger partial charge in [-0.25, -0.2) is 4.79 Å². The molecule has 0 saturated heterocycles. The van der Waals surface area contributed by atoms with Gasteiger partial charge in [0.25, 0.3) is 0 Å². The molecule has 0 fully saturated rings. The first-order valence-corrected chi connectivity index (χ1v) is 7.15. The van der Waals surface area contributed by atoms with Gasteiger partial charge in [0.1, 0.15) is 0 Å². The summed E-state index contributed by atoms with van der Waals surface area (Å²) in [6.45, 7) is 5.60. The molecular formula is C17H20N4O2. The van der Waals surface area contributed by atoms with Crippen LogP contribution in [0.25, 0.3) is 11.1 Å². The van der Waals surface area contributed by atoms with Crippen molar-refractivity contribution in [1.29, 1.82) is 0 Å². The maximum Gasteiger partial charge on any atom is 0.405 e. The molecule has 2 atom stereocenters. The number of hydrogen-bond donors (Lipinski definition) is 4. The van der Waals surface area contributed by atoms with Crippen molar-refractivity contribution >= 4 is 17.5 Å². The molecule has 6 N–H and O–H groups in total. The van der Waals surface area contributed by atoms with Crippen LogP contribution < -0.4 is 16.8 Å². The van der Waals surface area contributed by atoms with E-state index in [-0.39, 0.29) is 5.92 Å². The van der Waals surface area contributed by atoms with Gasteiger partial charge in [-0.3, -0.25) is 4.98 Å². The number of nitrogen functional groups attached to an aromatic ring is 2. The minimum absolute atomic E-state index is 0.113. The number of carbonyl (C=O) groups is 1. The number of rotatable bonds is 5. The molecule has 0 bridgehead atoms. The first-order chi connectivity index (χ1) is 10.9. The Labute approximate surface area is 134 Å². The van der Waals surface area contributed by atoms with Crippen LogP contribution in [-0.4, -0.2) is 16.2 Å². The molecule has 0 spiro atoms. The Kier molecular flexibility index (Phi) is 4.85. The van der Waals surface area contributed by atoms with Gasteiger partial charge in [0, 0.05) is 23.1 Å². The highest BCUT2D eigenvalue weighted by Crippen LogP contribution is 2.30. The van der Waals surface area contributed by atoms with Crippen molar-refractivity contribution in [2.75, 3.05) is 11.5 Å². The monoisotopic (exact) mass is 312 g/mol. The van der Waals surface area contributed by atoms with Crippen LogP contribution in [0, 0.1) is 5.92 Å². The van der Waals surface area contributed by atoms with Crippen molar-refractivity contribution in [3.8, 4) is 11.1 Å². The molecule has 23 heavy (non-hydrogen) atoms. The summed E-state index contributed by atoms with van der Waals surface area (Å²) in [5.41, 5.74) is 15.2. The lowest BCUT2D eigenvalue weighted by atomic mass is 9.96. The lowest BCUT2D eigenvalue weighted by molar-refractivity contribution is 0.187. The predicted molar refractivity (Wildman–Crippen MR) is 91.8 cm³/mol. The standard InChI is InChI=1S/C17H20N4O2/c1-3-10(2)16(21-17(22)23)15-8-11(6-7-20-15)13-5-4-12(18)9-14(13)19/h3-10,16,21H,1,18-19H2,2H3,(H,22,23)/t10-,16-/m0/s1. The van der Waals surface area contributed by atoms with Crippen molar-refractivity contribution in [1.82, 2.24) is 10.3 Å². The fourth-order valence-electron chi connectivity index (χ4n) is 2.37. The Bertz CT molecular complexity index is 730. The highest BCUT2D eigenvalue weighted by atomic mass is 16.4. The van der Waals surface area contributed by atoms with Crippen LogP contribution in [0.15, 0.2) is 49.2 Å². The van der Waals surface area contributed by atoms with Gasteiger partial charge in [0.15, 0.2) is 0 Å². The van der Waals surface area contributed by atoms with Crippen LogP contribution in [-0.2, 0) is 0 Å². The minimum atomic E-state index is -1.11. The molecule has 1 heterocycles. The zero-order chi connectivity index (χ0) is 17.0. The minimum Gasteiger partial charge on any atom is -0.465 e. The molecule has 1 aromatic carbocycles. The summed E-state index contributed by atoms with van der Waals surface area (Å²) < 4.78 is 0. The molecule has 6 heteroatoms. The average molecular weight is 312 g/mol. The number of carboxylic acid groups (broad SMARTS) is 1. The number of hydrogen-bond acceptors (Lipinski definition) is 4. The largest absolute Gasteiger partial charge is 0.465 e. The van der Waals surface area contributed by atoms with Gasteiger partial charge in [-0.1, -0.05) is 19.1 Å². The van der Waals surface area contributed by atoms with Gasteiger partial charge in [0.2, 0.25) is 0 Å². The molecule has 2 aromatic rings. The molecule has 0 saturated carbocycles. The van der Waals surface area contributed by atoms with Crippen molar-refractivity contribution in [3.05, 3.63) is 54.9 Å². The number of anilines is 2. The average Bonchev–Trinajstić information content (AvgIpc) is 2.52. The number of benzene rings is 1. The predicted octanol–water partition coefficient (Wildman–Crippen LogP) is 3.04. The highest BCUT2D eigenvalue weighted by molar-refractivity contribution is 5.78. The maximum absolute atomic E-state index is 11.0. The molecule has 1 amide bonds. The topological polar surface area (TPSA) is 114 Å². The van der Waals surface area contributed by atoms with Crippen LogP contribution in [0.1, 0.15) is 18.7 Å². The fourth-order valence-corrected chi connectivity index (χ4v) is 2.37. The van der Waals surface area contributed by atoms with Crippen molar-refractivity contribution in [2.45, 2.75) is 13.0 Å².